The molecule has 102 valence electrons. The number of nitrogens with zero attached hydrogens (tertiary/aromatic N) is 2. The maximum atomic E-state index is 12.0. The Morgan fingerprint density at radius 2 is 1.90 bits per heavy atom. The summed E-state index contributed by atoms with van der Waals surface area (Å²) >= 11 is 0. The van der Waals surface area contributed by atoms with Crippen molar-refractivity contribution in [2.24, 2.45) is 4.99 Å². The predicted molar refractivity (Wildman–Crippen MR) is 67.9 cm³/mol. The Bertz CT molecular complexity index is 591. The molecule has 1 aromatic rings. The number of benzene rings is 1. The van der Waals surface area contributed by atoms with Gasteiger partial charge in [-0.2, -0.15) is 0 Å². The molecular weight excluding hydrogens is 262 g/mol. The lowest BCUT2D eigenvalue weighted by Crippen LogP contribution is -2.44. The number of aliphatic imine (C=N–C) groups is 1. The van der Waals surface area contributed by atoms with Crippen LogP contribution in [0.3, 0.4) is 0 Å². The summed E-state index contributed by atoms with van der Waals surface area (Å²) in [5.74, 6) is -1.92. The Morgan fingerprint density at radius 3 is 2.45 bits per heavy atom. The number of hydrogen-bond donors (Lipinski definition) is 1. The lowest BCUT2D eigenvalue weighted by molar-refractivity contribution is -0.170. The third kappa shape index (κ3) is 1.93. The van der Waals surface area contributed by atoms with E-state index in [1.807, 2.05) is 0 Å². The van der Waals surface area contributed by atoms with Crippen LogP contribution in [-0.2, 0) is 9.63 Å². The molecule has 0 spiro atoms. The van der Waals surface area contributed by atoms with E-state index >= 15 is 0 Å². The molecule has 3 rings (SSSR count). The predicted octanol–water partition coefficient (Wildman–Crippen LogP) is 0.131. The van der Waals surface area contributed by atoms with Gasteiger partial charge in [-0.15, -0.1) is 0 Å². The van der Waals surface area contributed by atoms with Crippen LogP contribution >= 0.6 is 0 Å². The highest BCUT2D eigenvalue weighted by Gasteiger charge is 2.39. The summed E-state index contributed by atoms with van der Waals surface area (Å²) in [4.78, 5) is 44.8. The van der Waals surface area contributed by atoms with E-state index in [4.69, 9.17) is 4.84 Å². The first-order valence-corrected chi connectivity index (χ1v) is 6.12. The summed E-state index contributed by atoms with van der Waals surface area (Å²) in [6.45, 7) is 0.495. The number of amides is 2. The zero-order valence-electron chi connectivity index (χ0n) is 10.4. The number of carbonyl (C=O) groups excluding carboxylic acids is 3. The zero-order valence-corrected chi connectivity index (χ0v) is 10.4. The second kappa shape index (κ2) is 4.76. The van der Waals surface area contributed by atoms with Crippen LogP contribution in [0.4, 0.5) is 0 Å². The Balaban J connectivity index is 1.76. The molecule has 0 bridgehead atoms. The van der Waals surface area contributed by atoms with Crippen LogP contribution in [0.1, 0.15) is 27.1 Å². The van der Waals surface area contributed by atoms with Gasteiger partial charge < -0.3 is 10.2 Å². The highest BCUT2D eigenvalue weighted by Crippen LogP contribution is 2.23. The quantitative estimate of drug-likeness (QED) is 0.774. The molecule has 1 aromatic carbocycles. The van der Waals surface area contributed by atoms with Gasteiger partial charge in [-0.3, -0.25) is 14.6 Å². The van der Waals surface area contributed by atoms with Crippen molar-refractivity contribution in [3.63, 3.8) is 0 Å². The molecule has 0 aromatic heterocycles. The summed E-state index contributed by atoms with van der Waals surface area (Å²) in [7, 11) is 0. The lowest BCUT2D eigenvalue weighted by atomic mass is 10.1. The maximum Gasteiger partial charge on any atom is 0.355 e. The van der Waals surface area contributed by atoms with Gasteiger partial charge in [0.15, 0.2) is 0 Å². The Hall–Kier alpha value is -2.70. The molecule has 2 aliphatic rings. The number of fused-ring (bicyclic) bond motifs is 1. The van der Waals surface area contributed by atoms with Gasteiger partial charge in [0.2, 0.25) is 0 Å². The van der Waals surface area contributed by atoms with Crippen LogP contribution in [0.15, 0.2) is 29.3 Å². The SMILES string of the molecule is O=C(ON1C(=O)c2ccccc2C1=O)C1CCN=CN1. The first-order valence-electron chi connectivity index (χ1n) is 6.12. The van der Waals surface area contributed by atoms with E-state index in [1.54, 1.807) is 12.1 Å². The summed E-state index contributed by atoms with van der Waals surface area (Å²) in [6, 6.07) is 5.74. The summed E-state index contributed by atoms with van der Waals surface area (Å²) in [5.41, 5.74) is 0.479. The average Bonchev–Trinajstić information content (AvgIpc) is 2.74. The molecule has 1 atom stereocenters. The Labute approximate surface area is 114 Å². The molecule has 0 aliphatic carbocycles. The fourth-order valence-electron chi connectivity index (χ4n) is 2.08. The Kier molecular flexibility index (Phi) is 2.94. The first-order chi connectivity index (χ1) is 9.68. The molecule has 0 saturated heterocycles. The van der Waals surface area contributed by atoms with E-state index in [0.717, 1.165) is 0 Å². The molecule has 0 saturated carbocycles. The van der Waals surface area contributed by atoms with Gasteiger partial charge in [0.1, 0.15) is 6.04 Å². The molecule has 2 amide bonds. The van der Waals surface area contributed by atoms with E-state index in [9.17, 15) is 14.4 Å². The smallest absolute Gasteiger partial charge is 0.355 e. The molecular formula is C13H11N3O4. The molecule has 7 heteroatoms. The zero-order chi connectivity index (χ0) is 14.1. The van der Waals surface area contributed by atoms with Crippen LogP contribution < -0.4 is 5.32 Å². The number of imide groups is 1. The van der Waals surface area contributed by atoms with Crippen LogP contribution in [-0.4, -0.2) is 41.8 Å². The van der Waals surface area contributed by atoms with E-state index in [-0.39, 0.29) is 11.1 Å². The third-order valence-corrected chi connectivity index (χ3v) is 3.14. The molecule has 0 fully saturated rings. The lowest BCUT2D eigenvalue weighted by Gasteiger charge is -2.20. The second-order valence-corrected chi connectivity index (χ2v) is 4.40. The minimum atomic E-state index is -0.675. The molecule has 2 heterocycles. The van der Waals surface area contributed by atoms with Crippen molar-refractivity contribution in [2.45, 2.75) is 12.5 Å². The number of carbonyl (C=O) groups is 3. The minimum Gasteiger partial charge on any atom is -0.363 e. The molecule has 2 aliphatic heterocycles. The number of rotatable bonds is 2. The van der Waals surface area contributed by atoms with Crippen LogP contribution in [0.5, 0.6) is 0 Å². The van der Waals surface area contributed by atoms with E-state index in [2.05, 4.69) is 10.3 Å². The summed E-state index contributed by atoms with van der Waals surface area (Å²) < 4.78 is 0. The molecule has 7 nitrogen and oxygen atoms in total. The van der Waals surface area contributed by atoms with Gasteiger partial charge in [0.25, 0.3) is 11.8 Å². The fourth-order valence-corrected chi connectivity index (χ4v) is 2.08. The topological polar surface area (TPSA) is 88.1 Å². The van der Waals surface area contributed by atoms with Crippen LogP contribution in [0, 0.1) is 0 Å². The number of hydroxylamine groups is 2. The normalized spacial score (nSPS) is 20.6. The van der Waals surface area contributed by atoms with Gasteiger partial charge in [0, 0.05) is 6.54 Å². The van der Waals surface area contributed by atoms with Crippen molar-refractivity contribution < 1.29 is 19.2 Å². The van der Waals surface area contributed by atoms with Gasteiger partial charge in [-0.1, -0.05) is 17.2 Å². The van der Waals surface area contributed by atoms with Crippen molar-refractivity contribution in [3.05, 3.63) is 35.4 Å². The minimum absolute atomic E-state index is 0.239. The molecule has 1 unspecified atom stereocenters. The van der Waals surface area contributed by atoms with Crippen LogP contribution in [0.2, 0.25) is 0 Å². The third-order valence-electron chi connectivity index (χ3n) is 3.14. The van der Waals surface area contributed by atoms with E-state index < -0.39 is 23.8 Å². The highest BCUT2D eigenvalue weighted by atomic mass is 16.7. The highest BCUT2D eigenvalue weighted by molar-refractivity contribution is 6.20. The van der Waals surface area contributed by atoms with Crippen molar-refractivity contribution in [1.29, 1.82) is 0 Å². The summed E-state index contributed by atoms with van der Waals surface area (Å²) in [5, 5.41) is 3.24. The van der Waals surface area contributed by atoms with Crippen molar-refractivity contribution in [2.75, 3.05) is 6.54 Å². The maximum absolute atomic E-state index is 12.0. The first kappa shape index (κ1) is 12.3. The van der Waals surface area contributed by atoms with Crippen LogP contribution in [0.25, 0.3) is 0 Å². The number of hydrogen-bond acceptors (Lipinski definition) is 6. The average molecular weight is 273 g/mol. The summed E-state index contributed by atoms with van der Waals surface area (Å²) in [6.07, 6.45) is 1.87. The molecule has 20 heavy (non-hydrogen) atoms. The second-order valence-electron chi connectivity index (χ2n) is 4.40. The standard InChI is InChI=1S/C13H11N3O4/c17-11-8-3-1-2-4-9(8)12(18)16(11)20-13(19)10-5-6-14-7-15-10/h1-4,7,10H,5-6H2,(H,14,15). The molecule has 1 N–H and O–H groups in total. The van der Waals surface area contributed by atoms with E-state index in [1.165, 1.54) is 18.5 Å². The largest absolute Gasteiger partial charge is 0.363 e. The molecule has 0 radical (unpaired) electrons. The van der Waals surface area contributed by atoms with Crippen molar-refractivity contribution >= 4 is 24.1 Å². The number of nitrogens with one attached hydrogen (secondary N) is 1. The van der Waals surface area contributed by atoms with Crippen molar-refractivity contribution in [3.8, 4) is 0 Å². The van der Waals surface area contributed by atoms with Gasteiger partial charge in [0.05, 0.1) is 17.5 Å². The van der Waals surface area contributed by atoms with Gasteiger partial charge in [-0.05, 0) is 18.6 Å². The van der Waals surface area contributed by atoms with Gasteiger partial charge >= 0.3 is 5.97 Å². The van der Waals surface area contributed by atoms with Crippen molar-refractivity contribution in [1.82, 2.24) is 10.4 Å². The van der Waals surface area contributed by atoms with E-state index in [0.29, 0.717) is 18.0 Å². The Morgan fingerprint density at radius 1 is 1.25 bits per heavy atom. The monoisotopic (exact) mass is 273 g/mol. The van der Waals surface area contributed by atoms with Gasteiger partial charge in [-0.25, -0.2) is 4.79 Å². The fraction of sp³-hybridized carbons (Fsp3) is 0.231.